The van der Waals surface area contributed by atoms with Crippen LogP contribution in [0.25, 0.3) is 6.08 Å². The zero-order valence-electron chi connectivity index (χ0n) is 10.5. The van der Waals surface area contributed by atoms with Gasteiger partial charge in [-0.05, 0) is 29.0 Å². The summed E-state index contributed by atoms with van der Waals surface area (Å²) in [5.41, 5.74) is 0.384. The van der Waals surface area contributed by atoms with Crippen molar-refractivity contribution < 1.29 is 19.0 Å². The average Bonchev–Trinajstić information content (AvgIpc) is 2.79. The van der Waals surface area contributed by atoms with E-state index in [1.54, 1.807) is 7.05 Å². The number of carboxylic acid groups (broad SMARTS) is 1. The van der Waals surface area contributed by atoms with Crippen LogP contribution in [0.4, 0.5) is 4.39 Å². The number of hydrogen-bond donors (Lipinski definition) is 1. The van der Waals surface area contributed by atoms with Crippen LogP contribution in [-0.4, -0.2) is 31.3 Å². The van der Waals surface area contributed by atoms with Gasteiger partial charge in [0.1, 0.15) is 11.6 Å². The largest absolute Gasteiger partial charge is 0.485 e. The van der Waals surface area contributed by atoms with Crippen LogP contribution < -0.4 is 4.74 Å². The number of hydrogen-bond acceptors (Lipinski definition) is 5. The second kappa shape index (κ2) is 5.91. The number of aryl methyl sites for hydroxylation is 1. The predicted molar refractivity (Wildman–Crippen MR) is 66.2 cm³/mol. The third-order valence-electron chi connectivity index (χ3n) is 2.23. The number of aromatic nitrogens is 4. The molecule has 104 valence electrons. The highest BCUT2D eigenvalue weighted by Crippen LogP contribution is 2.18. The van der Waals surface area contributed by atoms with Crippen LogP contribution in [0, 0.1) is 5.82 Å². The number of carbonyl (C=O) groups is 1. The smallest absolute Gasteiger partial charge is 0.328 e. The summed E-state index contributed by atoms with van der Waals surface area (Å²) in [5.74, 6) is -1.03. The van der Waals surface area contributed by atoms with Crippen molar-refractivity contribution in [1.29, 1.82) is 0 Å². The van der Waals surface area contributed by atoms with E-state index in [0.29, 0.717) is 11.4 Å². The zero-order valence-corrected chi connectivity index (χ0v) is 10.5. The molecule has 2 aromatic rings. The molecule has 0 saturated carbocycles. The topological polar surface area (TPSA) is 90.1 Å². The lowest BCUT2D eigenvalue weighted by molar-refractivity contribution is -0.131. The quantitative estimate of drug-likeness (QED) is 0.821. The molecule has 0 unspecified atom stereocenters. The fraction of sp³-hybridized carbons (Fsp3) is 0.167. The van der Waals surface area contributed by atoms with Crippen LogP contribution in [0.15, 0.2) is 24.3 Å². The van der Waals surface area contributed by atoms with Crippen molar-refractivity contribution in [3.63, 3.8) is 0 Å². The first-order chi connectivity index (χ1) is 9.52. The lowest BCUT2D eigenvalue weighted by Crippen LogP contribution is -1.99. The molecule has 0 spiro atoms. The van der Waals surface area contributed by atoms with Gasteiger partial charge >= 0.3 is 5.97 Å². The molecule has 0 amide bonds. The van der Waals surface area contributed by atoms with Gasteiger partial charge in [0, 0.05) is 12.1 Å². The molecule has 20 heavy (non-hydrogen) atoms. The van der Waals surface area contributed by atoms with Crippen molar-refractivity contribution in [2.24, 2.45) is 7.05 Å². The predicted octanol–water partition coefficient (Wildman–Crippen LogP) is 1.03. The lowest BCUT2D eigenvalue weighted by atomic mass is 10.2. The van der Waals surface area contributed by atoms with Gasteiger partial charge in [0.15, 0.2) is 6.61 Å². The summed E-state index contributed by atoms with van der Waals surface area (Å²) in [6.45, 7) is 0.0410. The van der Waals surface area contributed by atoms with Crippen molar-refractivity contribution in [3.05, 3.63) is 41.5 Å². The van der Waals surface area contributed by atoms with Crippen molar-refractivity contribution >= 4 is 12.0 Å². The number of carboxylic acids is 1. The molecule has 1 aromatic heterocycles. The van der Waals surface area contributed by atoms with E-state index in [4.69, 9.17) is 9.84 Å². The number of ether oxygens (including phenoxy) is 1. The van der Waals surface area contributed by atoms with Crippen molar-refractivity contribution in [2.45, 2.75) is 6.61 Å². The molecule has 0 aliphatic heterocycles. The van der Waals surface area contributed by atoms with E-state index < -0.39 is 11.8 Å². The van der Waals surface area contributed by atoms with Gasteiger partial charge in [-0.1, -0.05) is 0 Å². The zero-order chi connectivity index (χ0) is 14.5. The molecule has 1 aromatic carbocycles. The van der Waals surface area contributed by atoms with Crippen LogP contribution in [0.5, 0.6) is 5.75 Å². The summed E-state index contributed by atoms with van der Waals surface area (Å²) in [6, 6.07) is 3.90. The molecule has 7 nitrogen and oxygen atoms in total. The Labute approximate surface area is 113 Å². The Morgan fingerprint density at radius 2 is 2.30 bits per heavy atom. The normalized spacial score (nSPS) is 10.9. The van der Waals surface area contributed by atoms with Gasteiger partial charge in [-0.3, -0.25) is 0 Å². The van der Waals surface area contributed by atoms with E-state index in [-0.39, 0.29) is 12.4 Å². The molecular weight excluding hydrogens is 267 g/mol. The van der Waals surface area contributed by atoms with E-state index in [9.17, 15) is 9.18 Å². The van der Waals surface area contributed by atoms with Crippen LogP contribution in [0.1, 0.15) is 11.4 Å². The summed E-state index contributed by atoms with van der Waals surface area (Å²) >= 11 is 0. The molecule has 8 heteroatoms. The number of benzene rings is 1. The molecule has 0 aliphatic rings. The summed E-state index contributed by atoms with van der Waals surface area (Å²) in [4.78, 5) is 11.7. The molecule has 0 aliphatic carbocycles. The Kier molecular flexibility index (Phi) is 4.04. The van der Waals surface area contributed by atoms with Gasteiger partial charge in [-0.2, -0.15) is 4.80 Å². The number of rotatable bonds is 5. The summed E-state index contributed by atoms with van der Waals surface area (Å²) in [5, 5.41) is 19.8. The van der Waals surface area contributed by atoms with Crippen molar-refractivity contribution in [2.75, 3.05) is 0 Å². The molecule has 0 bridgehead atoms. The molecule has 1 N–H and O–H groups in total. The number of halogens is 1. The van der Waals surface area contributed by atoms with E-state index in [0.717, 1.165) is 6.08 Å². The highest BCUT2D eigenvalue weighted by Gasteiger charge is 2.04. The third-order valence-corrected chi connectivity index (χ3v) is 2.23. The first-order valence-corrected chi connectivity index (χ1v) is 5.60. The van der Waals surface area contributed by atoms with Crippen LogP contribution >= 0.6 is 0 Å². The van der Waals surface area contributed by atoms with Gasteiger partial charge in [-0.25, -0.2) is 9.18 Å². The van der Waals surface area contributed by atoms with Crippen molar-refractivity contribution in [3.8, 4) is 5.75 Å². The Bertz CT molecular complexity index is 654. The first-order valence-electron chi connectivity index (χ1n) is 5.60. The minimum absolute atomic E-state index is 0.0410. The second-order valence-corrected chi connectivity index (χ2v) is 3.88. The molecule has 1 heterocycles. The van der Waals surface area contributed by atoms with Crippen LogP contribution in [-0.2, 0) is 18.4 Å². The van der Waals surface area contributed by atoms with Gasteiger partial charge < -0.3 is 9.84 Å². The maximum absolute atomic E-state index is 13.4. The molecule has 0 fully saturated rings. The van der Waals surface area contributed by atoms with E-state index in [2.05, 4.69) is 15.4 Å². The Morgan fingerprint density at radius 3 is 2.95 bits per heavy atom. The third kappa shape index (κ3) is 3.87. The van der Waals surface area contributed by atoms with E-state index >= 15 is 0 Å². The molecular formula is C12H11FN4O3. The van der Waals surface area contributed by atoms with Gasteiger partial charge in [0.05, 0.1) is 7.05 Å². The average molecular weight is 278 g/mol. The minimum Gasteiger partial charge on any atom is -0.485 e. The van der Waals surface area contributed by atoms with E-state index in [1.165, 1.54) is 29.1 Å². The second-order valence-electron chi connectivity index (χ2n) is 3.88. The number of nitrogens with zero attached hydrogens (tertiary/aromatic N) is 4. The van der Waals surface area contributed by atoms with Gasteiger partial charge in [0.2, 0.25) is 5.82 Å². The molecule has 2 rings (SSSR count). The summed E-state index contributed by atoms with van der Waals surface area (Å²) < 4.78 is 18.7. The molecule has 0 saturated heterocycles. The SMILES string of the molecule is Cn1nnc(COc2cc(F)cc(/C=C/C(=O)O)c2)n1. The maximum atomic E-state index is 13.4. The standard InChI is InChI=1S/C12H11FN4O3/c1-17-15-11(14-16-17)7-20-10-5-8(2-3-12(18)19)4-9(13)6-10/h2-6H,7H2,1H3,(H,18,19)/b3-2+. The monoisotopic (exact) mass is 278 g/mol. The Hall–Kier alpha value is -2.77. The van der Waals surface area contributed by atoms with E-state index in [1.807, 2.05) is 0 Å². The first kappa shape index (κ1) is 13.7. The molecule has 0 atom stereocenters. The number of tetrazole rings is 1. The Balaban J connectivity index is 2.09. The summed E-state index contributed by atoms with van der Waals surface area (Å²) in [7, 11) is 1.62. The highest BCUT2D eigenvalue weighted by molar-refractivity contribution is 5.85. The van der Waals surface area contributed by atoms with Gasteiger partial charge in [0.25, 0.3) is 0 Å². The molecule has 0 radical (unpaired) electrons. The highest BCUT2D eigenvalue weighted by atomic mass is 19.1. The fourth-order valence-electron chi connectivity index (χ4n) is 1.46. The Morgan fingerprint density at radius 1 is 1.50 bits per heavy atom. The van der Waals surface area contributed by atoms with Crippen LogP contribution in [0.3, 0.4) is 0 Å². The summed E-state index contributed by atoms with van der Waals surface area (Å²) in [6.07, 6.45) is 2.20. The maximum Gasteiger partial charge on any atom is 0.328 e. The van der Waals surface area contributed by atoms with Gasteiger partial charge in [-0.15, -0.1) is 10.2 Å². The number of aliphatic carboxylic acids is 1. The fourth-order valence-corrected chi connectivity index (χ4v) is 1.46. The van der Waals surface area contributed by atoms with Crippen molar-refractivity contribution in [1.82, 2.24) is 20.2 Å². The minimum atomic E-state index is -1.11. The lowest BCUT2D eigenvalue weighted by Gasteiger charge is -2.04. The van der Waals surface area contributed by atoms with Crippen LogP contribution in [0.2, 0.25) is 0 Å².